The quantitative estimate of drug-likeness (QED) is 0.359. The molecule has 3 rings (SSSR count). The molecular weight excluding hydrogens is 440 g/mol. The molecular formula is C22H48N2Si2Zr+2. The molecule has 0 amide bonds. The first-order valence-electron chi connectivity index (χ1n) is 11.5. The summed E-state index contributed by atoms with van der Waals surface area (Å²) in [6.45, 7) is 23.1. The van der Waals surface area contributed by atoms with Gasteiger partial charge in [0.15, 0.2) is 0 Å². The zero-order valence-corrected chi connectivity index (χ0v) is 24.2. The Bertz CT molecular complexity index is 327. The van der Waals surface area contributed by atoms with Crippen molar-refractivity contribution in [2.24, 2.45) is 0 Å². The molecule has 5 heteroatoms. The fourth-order valence-corrected chi connectivity index (χ4v) is 21.3. The van der Waals surface area contributed by atoms with Crippen LogP contribution >= 0.6 is 0 Å². The summed E-state index contributed by atoms with van der Waals surface area (Å²) in [6, 6.07) is 0. The Labute approximate surface area is 193 Å². The molecule has 0 N–H and O–H groups in total. The monoisotopic (exact) mass is 486 g/mol. The minimum Gasteiger partial charge on any atom is -0.663 e. The van der Waals surface area contributed by atoms with E-state index >= 15 is 0 Å². The van der Waals surface area contributed by atoms with Gasteiger partial charge in [-0.25, -0.2) is 0 Å². The molecule has 0 aromatic rings. The molecule has 2 aliphatic carbocycles. The molecule has 2 saturated carbocycles. The van der Waals surface area contributed by atoms with Crippen LogP contribution in [0.2, 0.25) is 48.4 Å². The smallest absolute Gasteiger partial charge is 0.663 e. The summed E-state index contributed by atoms with van der Waals surface area (Å²) in [5, 5.41) is 7.94. The van der Waals surface area contributed by atoms with Gasteiger partial charge in [-0.1, -0.05) is 92.4 Å². The van der Waals surface area contributed by atoms with Gasteiger partial charge >= 0.3 is 26.2 Å². The van der Waals surface area contributed by atoms with Crippen LogP contribution in [0.25, 0.3) is 10.6 Å². The summed E-state index contributed by atoms with van der Waals surface area (Å²) in [4.78, 5) is 0. The number of nitrogens with zero attached hydrogens (tertiary/aromatic N) is 2. The van der Waals surface area contributed by atoms with E-state index in [0.29, 0.717) is 0 Å². The molecule has 156 valence electrons. The molecule has 3 aliphatic rings. The second kappa shape index (κ2) is 13.5. The number of hydrogen-bond acceptors (Lipinski definition) is 0. The standard InChI is InChI=1S/C14H28Si2.2C4H10N.Zr/c1-15(2)11-7-5-9-13(11)16(3,4)14-10-6-8-12(14)15;2*1-3-5-4-2;/h11-14H,5-10H2,1-4H3;2*3-4H2,1-2H3;/q;2*-1;+4. The van der Waals surface area contributed by atoms with Crippen LogP contribution in [0.1, 0.15) is 66.2 Å². The van der Waals surface area contributed by atoms with E-state index in [1.807, 2.05) is 27.7 Å². The first-order valence-corrected chi connectivity index (χ1v) is 17.9. The molecule has 1 aliphatic heterocycles. The van der Waals surface area contributed by atoms with Crippen molar-refractivity contribution in [3.05, 3.63) is 10.6 Å². The van der Waals surface area contributed by atoms with Crippen LogP contribution < -0.4 is 0 Å². The first-order chi connectivity index (χ1) is 12.3. The summed E-state index contributed by atoms with van der Waals surface area (Å²) < 4.78 is 0. The van der Waals surface area contributed by atoms with E-state index in [9.17, 15) is 0 Å². The summed E-state index contributed by atoms with van der Waals surface area (Å²) in [6.07, 6.45) is 9.60. The predicted molar refractivity (Wildman–Crippen MR) is 127 cm³/mol. The first kappa shape index (κ1) is 28.2. The SMILES string of the molecule is CC[N-]CC.CC[N-]CC.C[Si]1(C)C2CCCC2[Si](C)(C)C2CCCC21.[Zr+4]. The van der Waals surface area contributed by atoms with Crippen molar-refractivity contribution < 1.29 is 26.2 Å². The average molecular weight is 488 g/mol. The van der Waals surface area contributed by atoms with Crippen LogP contribution in [-0.2, 0) is 26.2 Å². The maximum absolute atomic E-state index is 3.97. The maximum atomic E-state index is 3.97. The van der Waals surface area contributed by atoms with Gasteiger partial charge in [0.25, 0.3) is 0 Å². The summed E-state index contributed by atoms with van der Waals surface area (Å²) in [7, 11) is -1.81. The summed E-state index contributed by atoms with van der Waals surface area (Å²) in [5.74, 6) is 0. The maximum Gasteiger partial charge on any atom is 4.00 e. The van der Waals surface area contributed by atoms with E-state index in [4.69, 9.17) is 0 Å². The minimum atomic E-state index is -0.905. The van der Waals surface area contributed by atoms with Crippen LogP contribution in [0.4, 0.5) is 0 Å². The van der Waals surface area contributed by atoms with Gasteiger partial charge in [0.05, 0.1) is 16.1 Å². The Kier molecular flexibility index (Phi) is 14.1. The molecule has 1 heterocycles. The summed E-state index contributed by atoms with van der Waals surface area (Å²) in [5.41, 5.74) is 4.92. The number of rotatable bonds is 4. The molecule has 3 fully saturated rings. The van der Waals surface area contributed by atoms with Crippen LogP contribution in [0.15, 0.2) is 0 Å². The normalized spacial score (nSPS) is 32.0. The molecule has 2 nitrogen and oxygen atoms in total. The molecule has 0 aromatic carbocycles. The van der Waals surface area contributed by atoms with E-state index in [1.54, 1.807) is 38.5 Å². The van der Waals surface area contributed by atoms with Crippen LogP contribution in [0.3, 0.4) is 0 Å². The fourth-order valence-electron chi connectivity index (χ4n) is 6.48. The Morgan fingerprint density at radius 1 is 0.556 bits per heavy atom. The van der Waals surface area contributed by atoms with Crippen molar-refractivity contribution >= 4 is 16.1 Å². The number of hydrogen-bond donors (Lipinski definition) is 0. The van der Waals surface area contributed by atoms with Crippen molar-refractivity contribution in [3.8, 4) is 0 Å². The van der Waals surface area contributed by atoms with Gasteiger partial charge in [-0.3, -0.25) is 0 Å². The van der Waals surface area contributed by atoms with Crippen LogP contribution in [0, 0.1) is 0 Å². The third-order valence-electron chi connectivity index (χ3n) is 7.75. The van der Waals surface area contributed by atoms with E-state index in [2.05, 4.69) is 36.8 Å². The molecule has 4 unspecified atom stereocenters. The second-order valence-electron chi connectivity index (χ2n) is 9.64. The van der Waals surface area contributed by atoms with Gasteiger partial charge in [0.2, 0.25) is 0 Å². The van der Waals surface area contributed by atoms with E-state index < -0.39 is 16.1 Å². The van der Waals surface area contributed by atoms with Crippen molar-refractivity contribution in [3.63, 3.8) is 0 Å². The Hall–Kier alpha value is 1.24. The minimum absolute atomic E-state index is 0. The molecule has 0 radical (unpaired) electrons. The van der Waals surface area contributed by atoms with Gasteiger partial charge in [0.1, 0.15) is 0 Å². The zero-order valence-electron chi connectivity index (χ0n) is 19.8. The van der Waals surface area contributed by atoms with Gasteiger partial charge in [-0.2, -0.15) is 26.2 Å². The van der Waals surface area contributed by atoms with Crippen molar-refractivity contribution in [1.29, 1.82) is 0 Å². The van der Waals surface area contributed by atoms with Crippen LogP contribution in [-0.4, -0.2) is 42.3 Å². The Morgan fingerprint density at radius 2 is 0.778 bits per heavy atom. The van der Waals surface area contributed by atoms with Crippen molar-refractivity contribution in [2.75, 3.05) is 26.2 Å². The average Bonchev–Trinajstić information content (AvgIpc) is 3.27. The third kappa shape index (κ3) is 7.16. The van der Waals surface area contributed by atoms with Gasteiger partial charge < -0.3 is 10.6 Å². The molecule has 27 heavy (non-hydrogen) atoms. The van der Waals surface area contributed by atoms with E-state index in [1.165, 1.54) is 22.2 Å². The van der Waals surface area contributed by atoms with Gasteiger partial charge in [-0.15, -0.1) is 0 Å². The van der Waals surface area contributed by atoms with Gasteiger partial charge in [-0.05, 0) is 22.2 Å². The van der Waals surface area contributed by atoms with E-state index in [0.717, 1.165) is 26.2 Å². The molecule has 0 aromatic heterocycles. The molecule has 1 saturated heterocycles. The topological polar surface area (TPSA) is 28.2 Å². The van der Waals surface area contributed by atoms with Gasteiger partial charge in [0, 0.05) is 0 Å². The van der Waals surface area contributed by atoms with Crippen molar-refractivity contribution in [2.45, 2.75) is 115 Å². The largest absolute Gasteiger partial charge is 4.00 e. The van der Waals surface area contributed by atoms with Crippen LogP contribution in [0.5, 0.6) is 0 Å². The molecule has 4 atom stereocenters. The Balaban J connectivity index is 0.000000520. The molecule has 0 spiro atoms. The fraction of sp³-hybridized carbons (Fsp3) is 1.00. The predicted octanol–water partition coefficient (Wildman–Crippen LogP) is 8.06. The number of fused-ring (bicyclic) bond motifs is 2. The molecule has 0 bridgehead atoms. The third-order valence-corrected chi connectivity index (χ3v) is 18.8. The Morgan fingerprint density at radius 3 is 0.926 bits per heavy atom. The summed E-state index contributed by atoms with van der Waals surface area (Å²) >= 11 is 0. The van der Waals surface area contributed by atoms with E-state index in [-0.39, 0.29) is 26.2 Å². The second-order valence-corrected chi connectivity index (χ2v) is 19.9. The zero-order chi connectivity index (χ0) is 19.8. The van der Waals surface area contributed by atoms with Crippen molar-refractivity contribution in [1.82, 2.24) is 0 Å².